The molecule has 2 rings (SSSR count). The smallest absolute Gasteiger partial charge is 0.181 e. The molecule has 0 N–H and O–H groups in total. The molecule has 0 unspecified atom stereocenters. The third-order valence-corrected chi connectivity index (χ3v) is 2.73. The van der Waals surface area contributed by atoms with Gasteiger partial charge in [0, 0.05) is 10.9 Å². The number of aromatic nitrogens is 1. The van der Waals surface area contributed by atoms with Gasteiger partial charge in [-0.25, -0.2) is 9.37 Å². The van der Waals surface area contributed by atoms with Crippen molar-refractivity contribution in [3.8, 4) is 11.3 Å². The highest BCUT2D eigenvalue weighted by Crippen LogP contribution is 2.26. The van der Waals surface area contributed by atoms with Gasteiger partial charge in [-0.1, -0.05) is 28.1 Å². The van der Waals surface area contributed by atoms with Crippen molar-refractivity contribution in [1.82, 2.24) is 4.98 Å². The molecule has 15 heavy (non-hydrogen) atoms. The van der Waals surface area contributed by atoms with Crippen molar-refractivity contribution in [3.63, 3.8) is 0 Å². The largest absolute Gasteiger partial charge is 0.443 e. The minimum Gasteiger partial charge on any atom is -0.443 e. The predicted molar refractivity (Wildman–Crippen MR) is 59.3 cm³/mol. The molecule has 0 spiro atoms. The van der Waals surface area contributed by atoms with Crippen molar-refractivity contribution in [3.05, 3.63) is 41.7 Å². The molecule has 0 aliphatic heterocycles. The quantitative estimate of drug-likeness (QED) is 0.778. The summed E-state index contributed by atoms with van der Waals surface area (Å²) in [5.74, 6) is 0.384. The zero-order valence-corrected chi connectivity index (χ0v) is 9.71. The molecule has 0 bridgehead atoms. The van der Waals surface area contributed by atoms with E-state index in [9.17, 15) is 4.39 Å². The number of hydrogen-bond donors (Lipinski definition) is 0. The molecule has 0 aliphatic carbocycles. The van der Waals surface area contributed by atoms with Crippen molar-refractivity contribution < 1.29 is 8.81 Å². The highest BCUT2D eigenvalue weighted by molar-refractivity contribution is 9.08. The fourth-order valence-electron chi connectivity index (χ4n) is 1.33. The molecule has 0 radical (unpaired) electrons. The van der Waals surface area contributed by atoms with Crippen LogP contribution in [0.4, 0.5) is 4.39 Å². The average molecular weight is 270 g/mol. The van der Waals surface area contributed by atoms with Gasteiger partial charge in [0.2, 0.25) is 0 Å². The number of alkyl halides is 1. The van der Waals surface area contributed by atoms with Gasteiger partial charge in [0.1, 0.15) is 5.82 Å². The second kappa shape index (κ2) is 4.14. The normalized spacial score (nSPS) is 10.6. The molecule has 2 aromatic rings. The first-order valence-corrected chi connectivity index (χ1v) is 5.59. The second-order valence-corrected chi connectivity index (χ2v) is 3.79. The zero-order chi connectivity index (χ0) is 10.8. The van der Waals surface area contributed by atoms with Crippen molar-refractivity contribution >= 4 is 15.9 Å². The number of halogens is 2. The maximum absolute atomic E-state index is 13.3. The summed E-state index contributed by atoms with van der Waals surface area (Å²) in [6.07, 6.45) is 1.36. The molecule has 1 heterocycles. The Hall–Kier alpha value is -1.16. The standard InChI is InChI=1S/C11H9BrFNO/c1-7-2-3-8(4-9(7)13)11-10(5-12)14-6-15-11/h2-4,6H,5H2,1H3. The molecule has 2 nitrogen and oxygen atoms in total. The third-order valence-electron chi connectivity index (χ3n) is 2.20. The highest BCUT2D eigenvalue weighted by atomic mass is 79.9. The Bertz CT molecular complexity index is 481. The lowest BCUT2D eigenvalue weighted by molar-refractivity contribution is 0.569. The summed E-state index contributed by atoms with van der Waals surface area (Å²) >= 11 is 3.30. The van der Waals surface area contributed by atoms with Crippen molar-refractivity contribution in [1.29, 1.82) is 0 Å². The SMILES string of the molecule is Cc1ccc(-c2ocnc2CBr)cc1F. The fraction of sp³-hybridized carbons (Fsp3) is 0.182. The minimum absolute atomic E-state index is 0.232. The van der Waals surface area contributed by atoms with Gasteiger partial charge in [0.05, 0.1) is 5.69 Å². The van der Waals surface area contributed by atoms with Crippen molar-refractivity contribution in [2.45, 2.75) is 12.3 Å². The summed E-state index contributed by atoms with van der Waals surface area (Å²) < 4.78 is 18.6. The lowest BCUT2D eigenvalue weighted by Gasteiger charge is -2.01. The van der Waals surface area contributed by atoms with Crippen LogP contribution in [0.2, 0.25) is 0 Å². The topological polar surface area (TPSA) is 26.0 Å². The molecular weight excluding hydrogens is 261 g/mol. The molecule has 0 saturated heterocycles. The third kappa shape index (κ3) is 1.95. The van der Waals surface area contributed by atoms with E-state index in [-0.39, 0.29) is 5.82 Å². The van der Waals surface area contributed by atoms with Gasteiger partial charge >= 0.3 is 0 Å². The van der Waals surface area contributed by atoms with Gasteiger partial charge in [0.25, 0.3) is 0 Å². The molecule has 0 amide bonds. The number of nitrogens with zero attached hydrogens (tertiary/aromatic N) is 1. The second-order valence-electron chi connectivity index (χ2n) is 3.23. The molecule has 0 aliphatic rings. The van der Waals surface area contributed by atoms with E-state index in [2.05, 4.69) is 20.9 Å². The Labute approximate surface area is 95.3 Å². The van der Waals surface area contributed by atoms with E-state index in [4.69, 9.17) is 4.42 Å². The molecule has 0 fully saturated rings. The lowest BCUT2D eigenvalue weighted by atomic mass is 10.1. The van der Waals surface area contributed by atoms with Gasteiger partial charge < -0.3 is 4.42 Å². The average Bonchev–Trinajstić information content (AvgIpc) is 2.70. The van der Waals surface area contributed by atoms with Crippen LogP contribution in [-0.4, -0.2) is 4.98 Å². The van der Waals surface area contributed by atoms with Crippen LogP contribution in [-0.2, 0) is 5.33 Å². The summed E-state index contributed by atoms with van der Waals surface area (Å²) in [5.41, 5.74) is 2.11. The molecule has 1 aromatic heterocycles. The number of aryl methyl sites for hydroxylation is 1. The van der Waals surface area contributed by atoms with E-state index in [1.807, 2.05) is 6.07 Å². The van der Waals surface area contributed by atoms with Crippen LogP contribution < -0.4 is 0 Å². The summed E-state index contributed by atoms with van der Waals surface area (Å²) in [6, 6.07) is 5.01. The van der Waals surface area contributed by atoms with Crippen molar-refractivity contribution in [2.75, 3.05) is 0 Å². The van der Waals surface area contributed by atoms with Gasteiger partial charge in [-0.3, -0.25) is 0 Å². The fourth-order valence-corrected chi connectivity index (χ4v) is 1.73. The Balaban J connectivity index is 2.50. The molecular formula is C11H9BrFNO. The molecule has 4 heteroatoms. The Morgan fingerprint density at radius 1 is 1.47 bits per heavy atom. The summed E-state index contributed by atoms with van der Waals surface area (Å²) in [4.78, 5) is 4.03. The van der Waals surface area contributed by atoms with E-state index >= 15 is 0 Å². The first-order chi connectivity index (χ1) is 7.22. The van der Waals surface area contributed by atoms with Crippen LogP contribution in [0, 0.1) is 12.7 Å². The lowest BCUT2D eigenvalue weighted by Crippen LogP contribution is -1.86. The van der Waals surface area contributed by atoms with E-state index in [1.54, 1.807) is 13.0 Å². The highest BCUT2D eigenvalue weighted by Gasteiger charge is 2.10. The number of rotatable bonds is 2. The monoisotopic (exact) mass is 269 g/mol. The molecule has 78 valence electrons. The van der Waals surface area contributed by atoms with Gasteiger partial charge in [-0.05, 0) is 18.6 Å². The van der Waals surface area contributed by atoms with E-state index in [0.717, 1.165) is 5.69 Å². The first kappa shape index (κ1) is 10.4. The Morgan fingerprint density at radius 3 is 2.93 bits per heavy atom. The zero-order valence-electron chi connectivity index (χ0n) is 8.13. The van der Waals surface area contributed by atoms with Crippen LogP contribution in [0.5, 0.6) is 0 Å². The van der Waals surface area contributed by atoms with Gasteiger partial charge in [-0.15, -0.1) is 0 Å². The van der Waals surface area contributed by atoms with Gasteiger partial charge in [-0.2, -0.15) is 0 Å². The van der Waals surface area contributed by atoms with Crippen LogP contribution in [0.15, 0.2) is 29.0 Å². The summed E-state index contributed by atoms with van der Waals surface area (Å²) in [7, 11) is 0. The Kier molecular flexibility index (Phi) is 2.86. The first-order valence-electron chi connectivity index (χ1n) is 4.47. The van der Waals surface area contributed by atoms with Crippen LogP contribution in [0.25, 0.3) is 11.3 Å². The van der Waals surface area contributed by atoms with E-state index < -0.39 is 0 Å². The van der Waals surface area contributed by atoms with E-state index in [0.29, 0.717) is 22.2 Å². The maximum atomic E-state index is 13.3. The Morgan fingerprint density at radius 2 is 2.27 bits per heavy atom. The summed E-state index contributed by atoms with van der Waals surface area (Å²) in [5, 5.41) is 0.592. The molecule has 0 saturated carbocycles. The summed E-state index contributed by atoms with van der Waals surface area (Å²) in [6.45, 7) is 1.73. The number of benzene rings is 1. The van der Waals surface area contributed by atoms with Crippen molar-refractivity contribution in [2.24, 2.45) is 0 Å². The van der Waals surface area contributed by atoms with Crippen LogP contribution in [0.3, 0.4) is 0 Å². The number of hydrogen-bond acceptors (Lipinski definition) is 2. The minimum atomic E-state index is -0.232. The predicted octanol–water partition coefficient (Wildman–Crippen LogP) is 3.68. The number of oxazole rings is 1. The van der Waals surface area contributed by atoms with Gasteiger partial charge in [0.15, 0.2) is 12.2 Å². The maximum Gasteiger partial charge on any atom is 0.181 e. The van der Waals surface area contributed by atoms with E-state index in [1.165, 1.54) is 12.5 Å². The van der Waals surface area contributed by atoms with Crippen LogP contribution in [0.1, 0.15) is 11.3 Å². The van der Waals surface area contributed by atoms with Crippen LogP contribution >= 0.6 is 15.9 Å². The molecule has 1 aromatic carbocycles. The molecule has 0 atom stereocenters.